The van der Waals surface area contributed by atoms with Crippen molar-refractivity contribution in [2.45, 2.75) is 32.9 Å². The molecule has 0 radical (unpaired) electrons. The van der Waals surface area contributed by atoms with Crippen molar-refractivity contribution in [3.8, 4) is 11.4 Å². The van der Waals surface area contributed by atoms with E-state index in [0.717, 1.165) is 11.1 Å². The topological polar surface area (TPSA) is 71.3 Å². The summed E-state index contributed by atoms with van der Waals surface area (Å²) in [4.78, 5) is 19.0. The summed E-state index contributed by atoms with van der Waals surface area (Å²) in [6, 6.07) is 12.6. The molecule has 1 saturated heterocycles. The van der Waals surface area contributed by atoms with Gasteiger partial charge in [0.2, 0.25) is 17.6 Å². The lowest BCUT2D eigenvalue weighted by atomic mass is 9.95. The van der Waals surface area contributed by atoms with E-state index < -0.39 is 0 Å². The highest BCUT2D eigenvalue weighted by molar-refractivity contribution is 6.31. The van der Waals surface area contributed by atoms with Crippen LogP contribution < -0.4 is 5.32 Å². The first kappa shape index (κ1) is 21.5. The summed E-state index contributed by atoms with van der Waals surface area (Å²) < 4.78 is 19.3. The molecule has 1 aromatic heterocycles. The molecular weight excluding hydrogens is 419 g/mol. The number of nitrogens with zero attached hydrogens (tertiary/aromatic N) is 3. The van der Waals surface area contributed by atoms with Crippen molar-refractivity contribution in [2.75, 3.05) is 13.1 Å². The molecule has 4 rings (SSSR count). The average Bonchev–Trinajstić information content (AvgIpc) is 3.25. The SMILES string of the molecule is Cc1ccc(-c2noc(CNC(=O)C3CCN(Cc4c(F)cccc4Cl)CC3)n2)cc1. The van der Waals surface area contributed by atoms with E-state index in [0.29, 0.717) is 54.8 Å². The molecule has 8 heteroatoms. The number of aromatic nitrogens is 2. The average molecular weight is 443 g/mol. The van der Waals surface area contributed by atoms with Crippen LogP contribution in [0.25, 0.3) is 11.4 Å². The van der Waals surface area contributed by atoms with Gasteiger partial charge in [-0.2, -0.15) is 4.98 Å². The number of hydrogen-bond acceptors (Lipinski definition) is 5. The highest BCUT2D eigenvalue weighted by Crippen LogP contribution is 2.24. The maximum absolute atomic E-state index is 14.0. The highest BCUT2D eigenvalue weighted by Gasteiger charge is 2.26. The zero-order valence-corrected chi connectivity index (χ0v) is 18.0. The molecule has 2 heterocycles. The number of halogens is 2. The Morgan fingerprint density at radius 2 is 1.97 bits per heavy atom. The third-order valence-electron chi connectivity index (χ3n) is 5.59. The number of nitrogens with one attached hydrogen (secondary N) is 1. The first-order valence-electron chi connectivity index (χ1n) is 10.3. The van der Waals surface area contributed by atoms with Gasteiger partial charge in [0.1, 0.15) is 5.82 Å². The number of aryl methyl sites for hydroxylation is 1. The zero-order valence-electron chi connectivity index (χ0n) is 17.3. The fourth-order valence-corrected chi connectivity index (χ4v) is 3.94. The first-order valence-corrected chi connectivity index (χ1v) is 10.7. The van der Waals surface area contributed by atoms with E-state index in [4.69, 9.17) is 16.1 Å². The Bertz CT molecular complexity index is 1030. The third kappa shape index (κ3) is 5.29. The van der Waals surface area contributed by atoms with Crippen molar-refractivity contribution in [2.24, 2.45) is 5.92 Å². The maximum Gasteiger partial charge on any atom is 0.246 e. The van der Waals surface area contributed by atoms with Crippen LogP contribution in [0.15, 0.2) is 47.0 Å². The monoisotopic (exact) mass is 442 g/mol. The van der Waals surface area contributed by atoms with E-state index >= 15 is 0 Å². The summed E-state index contributed by atoms with van der Waals surface area (Å²) in [7, 11) is 0. The first-order chi connectivity index (χ1) is 15.0. The Hall–Kier alpha value is -2.77. The lowest BCUT2D eigenvalue weighted by Crippen LogP contribution is -2.40. The van der Waals surface area contributed by atoms with Gasteiger partial charge in [0.15, 0.2) is 0 Å². The van der Waals surface area contributed by atoms with Gasteiger partial charge in [0, 0.05) is 28.6 Å². The second-order valence-corrected chi connectivity index (χ2v) is 8.25. The number of hydrogen-bond donors (Lipinski definition) is 1. The molecule has 162 valence electrons. The summed E-state index contributed by atoms with van der Waals surface area (Å²) >= 11 is 6.12. The second kappa shape index (κ2) is 9.58. The van der Waals surface area contributed by atoms with Gasteiger partial charge in [0.25, 0.3) is 0 Å². The van der Waals surface area contributed by atoms with Gasteiger partial charge in [-0.25, -0.2) is 4.39 Å². The van der Waals surface area contributed by atoms with Crippen LogP contribution in [0.2, 0.25) is 5.02 Å². The number of piperidine rings is 1. The molecule has 1 fully saturated rings. The summed E-state index contributed by atoms with van der Waals surface area (Å²) in [5, 5.41) is 7.31. The fraction of sp³-hybridized carbons (Fsp3) is 0.348. The molecule has 0 saturated carbocycles. The van der Waals surface area contributed by atoms with Gasteiger partial charge in [0.05, 0.1) is 6.54 Å². The number of carbonyl (C=O) groups is 1. The van der Waals surface area contributed by atoms with Crippen LogP contribution in [0.4, 0.5) is 4.39 Å². The molecular formula is C23H24ClFN4O2. The molecule has 1 N–H and O–H groups in total. The van der Waals surface area contributed by atoms with Crippen molar-refractivity contribution < 1.29 is 13.7 Å². The molecule has 3 aromatic rings. The second-order valence-electron chi connectivity index (χ2n) is 7.85. The molecule has 0 aliphatic carbocycles. The molecule has 1 aliphatic heterocycles. The molecule has 1 amide bonds. The molecule has 0 spiro atoms. The Kier molecular flexibility index (Phi) is 6.63. The predicted molar refractivity (Wildman–Crippen MR) is 116 cm³/mol. The van der Waals surface area contributed by atoms with Crippen molar-refractivity contribution in [3.05, 3.63) is 70.3 Å². The number of likely N-dealkylation sites (tertiary alicyclic amines) is 1. The van der Waals surface area contributed by atoms with E-state index in [2.05, 4.69) is 20.4 Å². The standard InChI is InChI=1S/C23H24ClFN4O2/c1-15-5-7-16(8-6-15)22-27-21(31-28-22)13-26-23(30)17-9-11-29(12-10-17)14-18-19(24)3-2-4-20(18)25/h2-8,17H,9-14H2,1H3,(H,26,30). The number of rotatable bonds is 6. The Balaban J connectivity index is 1.25. The summed E-state index contributed by atoms with van der Waals surface area (Å²) in [5.41, 5.74) is 2.53. The van der Waals surface area contributed by atoms with Crippen molar-refractivity contribution >= 4 is 17.5 Å². The van der Waals surface area contributed by atoms with Crippen LogP contribution in [0.5, 0.6) is 0 Å². The van der Waals surface area contributed by atoms with Gasteiger partial charge in [-0.15, -0.1) is 0 Å². The minimum atomic E-state index is -0.295. The largest absolute Gasteiger partial charge is 0.347 e. The smallest absolute Gasteiger partial charge is 0.246 e. The molecule has 6 nitrogen and oxygen atoms in total. The minimum absolute atomic E-state index is 0.0290. The van der Waals surface area contributed by atoms with Crippen LogP contribution in [0.3, 0.4) is 0 Å². The minimum Gasteiger partial charge on any atom is -0.347 e. The highest BCUT2D eigenvalue weighted by atomic mass is 35.5. The van der Waals surface area contributed by atoms with Crippen molar-refractivity contribution in [1.82, 2.24) is 20.4 Å². The lowest BCUT2D eigenvalue weighted by molar-refractivity contribution is -0.126. The normalized spacial score (nSPS) is 15.2. The van der Waals surface area contributed by atoms with Crippen LogP contribution in [0, 0.1) is 18.7 Å². The maximum atomic E-state index is 14.0. The lowest BCUT2D eigenvalue weighted by Gasteiger charge is -2.31. The van der Waals surface area contributed by atoms with Gasteiger partial charge in [-0.05, 0) is 45.0 Å². The summed E-state index contributed by atoms with van der Waals surface area (Å²) in [6.07, 6.45) is 1.41. The van der Waals surface area contributed by atoms with Crippen molar-refractivity contribution in [3.63, 3.8) is 0 Å². The van der Waals surface area contributed by atoms with E-state index in [1.165, 1.54) is 6.07 Å². The van der Waals surface area contributed by atoms with Gasteiger partial charge < -0.3 is 9.84 Å². The molecule has 0 atom stereocenters. The molecule has 0 unspecified atom stereocenters. The molecule has 1 aliphatic rings. The molecule has 2 aromatic carbocycles. The number of carbonyl (C=O) groups excluding carboxylic acids is 1. The number of amides is 1. The van der Waals surface area contributed by atoms with Gasteiger partial charge in [-0.3, -0.25) is 9.69 Å². The van der Waals surface area contributed by atoms with Gasteiger partial charge >= 0.3 is 0 Å². The van der Waals surface area contributed by atoms with E-state index in [1.54, 1.807) is 12.1 Å². The number of benzene rings is 2. The quantitative estimate of drug-likeness (QED) is 0.614. The van der Waals surface area contributed by atoms with Crippen LogP contribution in [-0.2, 0) is 17.9 Å². The van der Waals surface area contributed by atoms with Gasteiger partial charge in [-0.1, -0.05) is 52.7 Å². The third-order valence-corrected chi connectivity index (χ3v) is 5.95. The van der Waals surface area contributed by atoms with Crippen molar-refractivity contribution in [1.29, 1.82) is 0 Å². The van der Waals surface area contributed by atoms with Crippen LogP contribution in [-0.4, -0.2) is 34.0 Å². The van der Waals surface area contributed by atoms with Crippen LogP contribution in [0.1, 0.15) is 29.9 Å². The Morgan fingerprint density at radius 1 is 1.23 bits per heavy atom. The summed E-state index contributed by atoms with van der Waals surface area (Å²) in [5.74, 6) is 0.461. The molecule has 0 bridgehead atoms. The van der Waals surface area contributed by atoms with E-state index in [1.807, 2.05) is 31.2 Å². The Labute approximate surface area is 185 Å². The Morgan fingerprint density at radius 3 is 2.68 bits per heavy atom. The fourth-order valence-electron chi connectivity index (χ4n) is 3.71. The van der Waals surface area contributed by atoms with E-state index in [9.17, 15) is 9.18 Å². The predicted octanol–water partition coefficient (Wildman–Crippen LogP) is 4.37. The van der Waals surface area contributed by atoms with Crippen LogP contribution >= 0.6 is 11.6 Å². The molecule has 31 heavy (non-hydrogen) atoms. The zero-order chi connectivity index (χ0) is 21.8. The van der Waals surface area contributed by atoms with E-state index in [-0.39, 0.29) is 24.2 Å². The summed E-state index contributed by atoms with van der Waals surface area (Å²) in [6.45, 7) is 4.08.